The molecule has 0 radical (unpaired) electrons. The Morgan fingerprint density at radius 3 is 2.45 bits per heavy atom. The minimum atomic E-state index is -3.83. The normalized spacial score (nSPS) is 11.9. The Morgan fingerprint density at radius 2 is 1.67 bits per heavy atom. The number of carbonyl (C=O) groups excluding carboxylic acids is 1. The summed E-state index contributed by atoms with van der Waals surface area (Å²) in [5.74, 6) is -0.332. The molecule has 0 bridgehead atoms. The van der Waals surface area contributed by atoms with Crippen LogP contribution >= 0.6 is 0 Å². The van der Waals surface area contributed by atoms with Crippen molar-refractivity contribution in [3.8, 4) is 0 Å². The van der Waals surface area contributed by atoms with Gasteiger partial charge in [0, 0.05) is 34.9 Å². The van der Waals surface area contributed by atoms with Crippen LogP contribution in [0.5, 0.6) is 0 Å². The molecule has 0 unspecified atom stereocenters. The molecule has 0 saturated heterocycles. The summed E-state index contributed by atoms with van der Waals surface area (Å²) in [4.78, 5) is 16.4. The Kier molecular flexibility index (Phi) is 5.24. The van der Waals surface area contributed by atoms with E-state index in [1.165, 1.54) is 18.2 Å². The average molecular weight is 455 g/mol. The summed E-state index contributed by atoms with van der Waals surface area (Å²) in [6.45, 7) is 0. The molecular weight excluding hydrogens is 436 g/mol. The van der Waals surface area contributed by atoms with Crippen LogP contribution in [0.25, 0.3) is 28.0 Å². The first-order chi connectivity index (χ1) is 16.0. The van der Waals surface area contributed by atoms with Crippen molar-refractivity contribution < 1.29 is 17.6 Å². The molecule has 5 rings (SSSR count). The number of amides is 1. The average Bonchev–Trinajstić information content (AvgIpc) is 3.22. The van der Waals surface area contributed by atoms with Crippen LogP contribution in [-0.2, 0) is 14.6 Å². The van der Waals surface area contributed by atoms with Gasteiger partial charge in [0.25, 0.3) is 0 Å². The minimum absolute atomic E-state index is 0.104. The number of nitrogens with zero attached hydrogens (tertiary/aromatic N) is 1. The zero-order valence-electron chi connectivity index (χ0n) is 17.3. The highest BCUT2D eigenvalue weighted by Gasteiger charge is 2.23. The number of aromatic nitrogens is 1. The first kappa shape index (κ1) is 20.7. The summed E-state index contributed by atoms with van der Waals surface area (Å²) in [6, 6.07) is 22.2. The second kappa shape index (κ2) is 8.37. The van der Waals surface area contributed by atoms with Gasteiger partial charge < -0.3 is 9.73 Å². The third kappa shape index (κ3) is 4.02. The van der Waals surface area contributed by atoms with Crippen LogP contribution in [0.2, 0.25) is 0 Å². The van der Waals surface area contributed by atoms with E-state index in [0.717, 1.165) is 16.3 Å². The molecule has 0 fully saturated rings. The van der Waals surface area contributed by atoms with Crippen LogP contribution in [0, 0.1) is 0 Å². The van der Waals surface area contributed by atoms with E-state index in [9.17, 15) is 13.2 Å². The second-order valence-corrected chi connectivity index (χ2v) is 9.29. The molecule has 0 aliphatic rings. The number of sulfone groups is 1. The van der Waals surface area contributed by atoms with E-state index in [1.54, 1.807) is 48.8 Å². The molecule has 0 aliphatic heterocycles. The van der Waals surface area contributed by atoms with E-state index in [-0.39, 0.29) is 15.7 Å². The van der Waals surface area contributed by atoms with Crippen molar-refractivity contribution in [1.29, 1.82) is 0 Å². The zero-order valence-corrected chi connectivity index (χ0v) is 18.1. The fourth-order valence-electron chi connectivity index (χ4n) is 3.61. The van der Waals surface area contributed by atoms with Crippen molar-refractivity contribution in [2.24, 2.45) is 0 Å². The fourth-order valence-corrected chi connectivity index (χ4v) is 5.01. The number of rotatable bonds is 5. The van der Waals surface area contributed by atoms with Crippen molar-refractivity contribution >= 4 is 49.4 Å². The lowest BCUT2D eigenvalue weighted by atomic mass is 10.1. The zero-order chi connectivity index (χ0) is 22.8. The summed E-state index contributed by atoms with van der Waals surface area (Å²) < 4.78 is 32.6. The van der Waals surface area contributed by atoms with Gasteiger partial charge >= 0.3 is 0 Å². The molecule has 162 valence electrons. The molecule has 5 aromatic rings. The highest BCUT2D eigenvalue weighted by molar-refractivity contribution is 7.91. The SMILES string of the molecule is O=C(C=Cc1cccnc1)Nc1ccc(S(=O)(=O)c2cccc3c2oc2ccccc23)cc1. The summed E-state index contributed by atoms with van der Waals surface area (Å²) in [6.07, 6.45) is 6.34. The van der Waals surface area contributed by atoms with E-state index in [2.05, 4.69) is 10.3 Å². The van der Waals surface area contributed by atoms with Crippen LogP contribution < -0.4 is 5.32 Å². The maximum Gasteiger partial charge on any atom is 0.248 e. The molecule has 0 atom stereocenters. The van der Waals surface area contributed by atoms with Crippen molar-refractivity contribution in [3.05, 3.63) is 103 Å². The van der Waals surface area contributed by atoms with Gasteiger partial charge in [-0.05, 0) is 54.1 Å². The largest absolute Gasteiger partial charge is 0.455 e. The van der Waals surface area contributed by atoms with Crippen molar-refractivity contribution in [2.45, 2.75) is 9.79 Å². The van der Waals surface area contributed by atoms with Gasteiger partial charge in [-0.3, -0.25) is 9.78 Å². The number of benzene rings is 3. The lowest BCUT2D eigenvalue weighted by Crippen LogP contribution is -2.08. The molecule has 0 spiro atoms. The monoisotopic (exact) mass is 454 g/mol. The molecule has 0 aliphatic carbocycles. The molecule has 2 aromatic heterocycles. The number of fused-ring (bicyclic) bond motifs is 3. The third-order valence-electron chi connectivity index (χ3n) is 5.20. The van der Waals surface area contributed by atoms with Crippen LogP contribution in [0.4, 0.5) is 5.69 Å². The Morgan fingerprint density at radius 1 is 0.879 bits per heavy atom. The number of hydrogen-bond donors (Lipinski definition) is 1. The van der Waals surface area contributed by atoms with E-state index < -0.39 is 9.84 Å². The van der Waals surface area contributed by atoms with Crippen molar-refractivity contribution in [2.75, 3.05) is 5.32 Å². The van der Waals surface area contributed by atoms with E-state index in [1.807, 2.05) is 36.4 Å². The second-order valence-electron chi connectivity index (χ2n) is 7.37. The standard InChI is InChI=1S/C26H18N2O4S/c29-25(15-10-18-5-4-16-27-17-18)28-19-11-13-20(14-12-19)33(30,31)24-9-3-7-22-21-6-1-2-8-23(21)32-26(22)24/h1-17H,(H,28,29). The van der Waals surface area contributed by atoms with E-state index in [0.29, 0.717) is 16.9 Å². The van der Waals surface area contributed by atoms with Gasteiger partial charge in [0.2, 0.25) is 15.7 Å². The van der Waals surface area contributed by atoms with Crippen molar-refractivity contribution in [3.63, 3.8) is 0 Å². The number of carbonyl (C=O) groups is 1. The maximum atomic E-state index is 13.4. The first-order valence-electron chi connectivity index (χ1n) is 10.2. The Balaban J connectivity index is 1.41. The molecular formula is C26H18N2O4S. The number of hydrogen-bond acceptors (Lipinski definition) is 5. The smallest absolute Gasteiger partial charge is 0.248 e. The summed E-state index contributed by atoms with van der Waals surface area (Å²) in [7, 11) is -3.83. The Bertz CT molecular complexity index is 1600. The Hall–Kier alpha value is -4.23. The molecule has 33 heavy (non-hydrogen) atoms. The maximum absolute atomic E-state index is 13.4. The molecule has 6 nitrogen and oxygen atoms in total. The first-order valence-corrected chi connectivity index (χ1v) is 11.7. The fraction of sp³-hybridized carbons (Fsp3) is 0. The predicted molar refractivity (Wildman–Crippen MR) is 128 cm³/mol. The van der Waals surface area contributed by atoms with Crippen LogP contribution in [0.3, 0.4) is 0 Å². The predicted octanol–water partition coefficient (Wildman–Crippen LogP) is 5.47. The van der Waals surface area contributed by atoms with Gasteiger partial charge in [-0.25, -0.2) is 8.42 Å². The number of furan rings is 1. The molecule has 1 N–H and O–H groups in total. The quantitative estimate of drug-likeness (QED) is 0.356. The van der Waals surface area contributed by atoms with Gasteiger partial charge in [-0.2, -0.15) is 0 Å². The molecule has 3 aromatic carbocycles. The number of pyridine rings is 1. The number of anilines is 1. The van der Waals surface area contributed by atoms with Gasteiger partial charge in [0.1, 0.15) is 10.5 Å². The van der Waals surface area contributed by atoms with Gasteiger partial charge in [0.15, 0.2) is 5.58 Å². The molecule has 1 amide bonds. The van der Waals surface area contributed by atoms with Crippen molar-refractivity contribution in [1.82, 2.24) is 4.98 Å². The van der Waals surface area contributed by atoms with Gasteiger partial charge in [-0.15, -0.1) is 0 Å². The minimum Gasteiger partial charge on any atom is -0.455 e. The van der Waals surface area contributed by atoms with Gasteiger partial charge in [-0.1, -0.05) is 36.4 Å². The number of para-hydroxylation sites is 2. The third-order valence-corrected chi connectivity index (χ3v) is 6.99. The highest BCUT2D eigenvalue weighted by atomic mass is 32.2. The van der Waals surface area contributed by atoms with Gasteiger partial charge in [0.05, 0.1) is 4.90 Å². The molecule has 2 heterocycles. The van der Waals surface area contributed by atoms with Crippen LogP contribution in [0.15, 0.2) is 112 Å². The summed E-state index contributed by atoms with van der Waals surface area (Å²) in [5, 5.41) is 4.33. The highest BCUT2D eigenvalue weighted by Crippen LogP contribution is 2.35. The van der Waals surface area contributed by atoms with E-state index in [4.69, 9.17) is 4.42 Å². The lowest BCUT2D eigenvalue weighted by molar-refractivity contribution is -0.111. The topological polar surface area (TPSA) is 89.3 Å². The molecule has 7 heteroatoms. The number of nitrogens with one attached hydrogen (secondary N) is 1. The lowest BCUT2D eigenvalue weighted by Gasteiger charge is -2.07. The molecule has 0 saturated carbocycles. The summed E-state index contributed by atoms with van der Waals surface area (Å²) >= 11 is 0. The van der Waals surface area contributed by atoms with Crippen LogP contribution in [0.1, 0.15) is 5.56 Å². The van der Waals surface area contributed by atoms with Crippen LogP contribution in [-0.4, -0.2) is 19.3 Å². The summed E-state index contributed by atoms with van der Waals surface area (Å²) in [5.41, 5.74) is 2.25. The van der Waals surface area contributed by atoms with E-state index >= 15 is 0 Å². The Labute approximate surface area is 190 Å².